The van der Waals surface area contributed by atoms with Gasteiger partial charge in [0.15, 0.2) is 0 Å². The fourth-order valence-corrected chi connectivity index (χ4v) is 5.97. The minimum Gasteiger partial charge on any atom is -0.361 e. The van der Waals surface area contributed by atoms with Gasteiger partial charge in [-0.25, -0.2) is 4.98 Å². The summed E-state index contributed by atoms with van der Waals surface area (Å²) in [5, 5.41) is 7.39. The summed E-state index contributed by atoms with van der Waals surface area (Å²) in [5.41, 5.74) is 4.63. The lowest BCUT2D eigenvalue weighted by atomic mass is 9.70. The predicted molar refractivity (Wildman–Crippen MR) is 135 cm³/mol. The van der Waals surface area contributed by atoms with Gasteiger partial charge >= 0.3 is 6.18 Å². The van der Waals surface area contributed by atoms with E-state index in [1.54, 1.807) is 0 Å². The number of anilines is 2. The van der Waals surface area contributed by atoms with Crippen LogP contribution in [-0.2, 0) is 6.18 Å². The van der Waals surface area contributed by atoms with Gasteiger partial charge in [-0.2, -0.15) is 13.2 Å². The van der Waals surface area contributed by atoms with Crippen LogP contribution < -0.4 is 5.32 Å². The fourth-order valence-electron chi connectivity index (χ4n) is 5.97. The maximum Gasteiger partial charge on any atom is 0.416 e. The summed E-state index contributed by atoms with van der Waals surface area (Å²) in [6, 6.07) is 11.5. The molecule has 1 aliphatic rings. The Balaban J connectivity index is 1.60. The molecule has 0 aliphatic heterocycles. The third-order valence-electron chi connectivity index (χ3n) is 7.21. The lowest BCUT2D eigenvalue weighted by Gasteiger charge is -2.40. The van der Waals surface area contributed by atoms with Crippen LogP contribution in [0.4, 0.5) is 24.8 Å². The van der Waals surface area contributed by atoms with Gasteiger partial charge in [-0.05, 0) is 86.4 Å². The molecule has 2 unspecified atom stereocenters. The predicted octanol–water partition coefficient (Wildman–Crippen LogP) is 8.46. The van der Waals surface area contributed by atoms with Crippen molar-refractivity contribution in [3.63, 3.8) is 0 Å². The van der Waals surface area contributed by atoms with Crippen molar-refractivity contribution in [3.05, 3.63) is 59.5 Å². The molecule has 0 radical (unpaired) electrons. The third kappa shape index (κ3) is 4.61. The van der Waals surface area contributed by atoms with Crippen molar-refractivity contribution < 1.29 is 17.7 Å². The highest BCUT2D eigenvalue weighted by atomic mass is 19.4. The van der Waals surface area contributed by atoms with Crippen molar-refractivity contribution in [3.8, 4) is 11.1 Å². The van der Waals surface area contributed by atoms with E-state index in [0.29, 0.717) is 17.6 Å². The van der Waals surface area contributed by atoms with Crippen molar-refractivity contribution in [2.45, 2.75) is 66.1 Å². The maximum atomic E-state index is 13.1. The van der Waals surface area contributed by atoms with Gasteiger partial charge in [0.1, 0.15) is 5.76 Å². The number of aromatic nitrogens is 3. The highest BCUT2D eigenvalue weighted by molar-refractivity contribution is 5.86. The summed E-state index contributed by atoms with van der Waals surface area (Å²) < 4.78 is 46.8. The first-order valence-electron chi connectivity index (χ1n) is 12.3. The molecule has 190 valence electrons. The molecular weight excluding hydrogens is 465 g/mol. The molecule has 2 aromatic heterocycles. The number of nitrogens with zero attached hydrogens (tertiary/aromatic N) is 3. The van der Waals surface area contributed by atoms with Crippen LogP contribution in [0.3, 0.4) is 0 Å². The second-order valence-corrected chi connectivity index (χ2v) is 11.0. The molecule has 8 heteroatoms. The molecule has 1 saturated carbocycles. The quantitative estimate of drug-likeness (QED) is 0.308. The topological polar surface area (TPSA) is 55.9 Å². The monoisotopic (exact) mass is 496 g/mol. The molecule has 0 saturated heterocycles. The summed E-state index contributed by atoms with van der Waals surface area (Å²) in [6.45, 7) is 10.7. The van der Waals surface area contributed by atoms with E-state index in [9.17, 15) is 13.2 Å². The first-order valence-corrected chi connectivity index (χ1v) is 12.3. The van der Waals surface area contributed by atoms with E-state index in [0.717, 1.165) is 65.0 Å². The average Bonchev–Trinajstić information content (AvgIpc) is 3.30. The number of benzene rings is 2. The molecule has 1 fully saturated rings. The molecule has 5 nitrogen and oxygen atoms in total. The highest BCUT2D eigenvalue weighted by Gasteiger charge is 2.35. The minimum atomic E-state index is -4.37. The van der Waals surface area contributed by atoms with Gasteiger partial charge < -0.3 is 14.4 Å². The average molecular weight is 497 g/mol. The standard InChI is InChI=1S/C28H31F3N4O/c1-16-12-22(15-27(4,5)14-16)35-24-11-6-19(25-17(2)34-36-18(25)3)13-23(24)33-26(35)32-21-9-7-20(8-10-21)28(29,30)31/h6-11,13,16,22H,12,14-15H2,1-5H3,(H,32,33). The number of aryl methyl sites for hydroxylation is 2. The lowest BCUT2D eigenvalue weighted by molar-refractivity contribution is -0.137. The smallest absolute Gasteiger partial charge is 0.361 e. The number of rotatable bonds is 4. The molecule has 1 N–H and O–H groups in total. The summed E-state index contributed by atoms with van der Waals surface area (Å²) in [5.74, 6) is 1.93. The Bertz CT molecular complexity index is 1380. The Kier molecular flexibility index (Phi) is 5.88. The Morgan fingerprint density at radius 1 is 1.06 bits per heavy atom. The van der Waals surface area contributed by atoms with E-state index in [-0.39, 0.29) is 11.5 Å². The van der Waals surface area contributed by atoms with Crippen LogP contribution in [0, 0.1) is 25.2 Å². The lowest BCUT2D eigenvalue weighted by Crippen LogP contribution is -2.29. The summed E-state index contributed by atoms with van der Waals surface area (Å²) >= 11 is 0. The van der Waals surface area contributed by atoms with Gasteiger partial charge in [0.05, 0.1) is 22.3 Å². The van der Waals surface area contributed by atoms with Crippen molar-refractivity contribution in [2.24, 2.45) is 11.3 Å². The third-order valence-corrected chi connectivity index (χ3v) is 7.21. The highest BCUT2D eigenvalue weighted by Crippen LogP contribution is 2.46. The zero-order chi connectivity index (χ0) is 25.8. The van der Waals surface area contributed by atoms with Gasteiger partial charge in [0, 0.05) is 17.3 Å². The molecule has 36 heavy (non-hydrogen) atoms. The Hall–Kier alpha value is -3.29. The molecule has 2 aromatic carbocycles. The van der Waals surface area contributed by atoms with Gasteiger partial charge in [-0.3, -0.25) is 0 Å². The molecule has 1 aliphatic carbocycles. The van der Waals surface area contributed by atoms with Crippen molar-refractivity contribution in [1.82, 2.24) is 14.7 Å². The first kappa shape index (κ1) is 24.4. The van der Waals surface area contributed by atoms with Gasteiger partial charge in [0.25, 0.3) is 0 Å². The molecular formula is C28H31F3N4O. The zero-order valence-corrected chi connectivity index (χ0v) is 21.2. The molecule has 2 heterocycles. The van der Waals surface area contributed by atoms with Crippen LogP contribution in [0.15, 0.2) is 47.0 Å². The molecule has 4 aromatic rings. The van der Waals surface area contributed by atoms with Crippen LogP contribution in [0.25, 0.3) is 22.2 Å². The van der Waals surface area contributed by atoms with Gasteiger partial charge in [0.2, 0.25) is 5.95 Å². The second kappa shape index (κ2) is 8.68. The number of alkyl halides is 3. The fraction of sp³-hybridized carbons (Fsp3) is 0.429. The number of hydrogen-bond acceptors (Lipinski definition) is 4. The molecule has 0 amide bonds. The van der Waals surface area contributed by atoms with E-state index in [1.165, 1.54) is 12.1 Å². The number of imidazole rings is 1. The SMILES string of the molecule is Cc1noc(C)c1-c1ccc2c(c1)nc(Nc1ccc(C(F)(F)F)cc1)n2C1CC(C)CC(C)(C)C1. The van der Waals surface area contributed by atoms with Crippen LogP contribution in [0.1, 0.15) is 63.1 Å². The molecule has 5 rings (SSSR count). The second-order valence-electron chi connectivity index (χ2n) is 11.0. The van der Waals surface area contributed by atoms with E-state index in [1.807, 2.05) is 19.9 Å². The maximum absolute atomic E-state index is 13.1. The van der Waals surface area contributed by atoms with Crippen LogP contribution in [-0.4, -0.2) is 14.7 Å². The van der Waals surface area contributed by atoms with Crippen molar-refractivity contribution in [1.29, 1.82) is 0 Å². The van der Waals surface area contributed by atoms with Gasteiger partial charge in [-0.1, -0.05) is 32.0 Å². The Labute approximate surface area is 208 Å². The summed E-state index contributed by atoms with van der Waals surface area (Å²) in [7, 11) is 0. The van der Waals surface area contributed by atoms with Crippen LogP contribution >= 0.6 is 0 Å². The normalized spacial score (nSPS) is 20.1. The molecule has 0 spiro atoms. The Morgan fingerprint density at radius 3 is 2.39 bits per heavy atom. The summed E-state index contributed by atoms with van der Waals surface area (Å²) in [4.78, 5) is 4.94. The number of fused-ring (bicyclic) bond motifs is 1. The van der Waals surface area contributed by atoms with Crippen LogP contribution in [0.2, 0.25) is 0 Å². The zero-order valence-electron chi connectivity index (χ0n) is 21.2. The largest absolute Gasteiger partial charge is 0.416 e. The van der Waals surface area contributed by atoms with Crippen molar-refractivity contribution >= 4 is 22.7 Å². The van der Waals surface area contributed by atoms with E-state index in [4.69, 9.17) is 9.51 Å². The number of hydrogen-bond donors (Lipinski definition) is 1. The number of nitrogens with one attached hydrogen (secondary N) is 1. The van der Waals surface area contributed by atoms with Gasteiger partial charge in [-0.15, -0.1) is 0 Å². The number of halogens is 3. The van der Waals surface area contributed by atoms with E-state index >= 15 is 0 Å². The minimum absolute atomic E-state index is 0.182. The van der Waals surface area contributed by atoms with E-state index in [2.05, 4.69) is 47.9 Å². The summed E-state index contributed by atoms with van der Waals surface area (Å²) in [6.07, 6.45) is -1.20. The van der Waals surface area contributed by atoms with E-state index < -0.39 is 11.7 Å². The first-order chi connectivity index (χ1) is 16.9. The molecule has 2 atom stereocenters. The van der Waals surface area contributed by atoms with Crippen LogP contribution in [0.5, 0.6) is 0 Å². The molecule has 0 bridgehead atoms. The van der Waals surface area contributed by atoms with Crippen molar-refractivity contribution in [2.75, 3.05) is 5.32 Å². The Morgan fingerprint density at radius 2 is 1.78 bits per heavy atom.